The smallest absolute Gasteiger partial charge is 0.240 e. The van der Waals surface area contributed by atoms with Crippen molar-refractivity contribution in [2.45, 2.75) is 37.8 Å². The second kappa shape index (κ2) is 7.09. The molecule has 1 amide bonds. The van der Waals surface area contributed by atoms with Gasteiger partial charge in [-0.2, -0.15) is 0 Å². The number of nitrogens with zero attached hydrogens (tertiary/aromatic N) is 1. The Kier molecular flexibility index (Phi) is 7.06. The molecule has 0 aromatic rings. The number of hydrogen-bond donors (Lipinski definition) is 2. The Morgan fingerprint density at radius 3 is 2.32 bits per heavy atom. The molecule has 1 aliphatic carbocycles. The van der Waals surface area contributed by atoms with Gasteiger partial charge in [0.15, 0.2) is 0 Å². The molecule has 1 saturated heterocycles. The lowest BCUT2D eigenvalue weighted by Crippen LogP contribution is -2.57. The summed E-state index contributed by atoms with van der Waals surface area (Å²) in [5.74, 6) is -0.00108. The molecule has 0 aromatic carbocycles. The molecule has 114 valence electrons. The minimum Gasteiger partial charge on any atom is -0.379 e. The summed E-state index contributed by atoms with van der Waals surface area (Å²) < 4.78 is 5.34. The van der Waals surface area contributed by atoms with Crippen LogP contribution in [0.1, 0.15) is 26.7 Å². The Morgan fingerprint density at radius 1 is 1.32 bits per heavy atom. The average molecular weight is 314 g/mol. The van der Waals surface area contributed by atoms with E-state index in [0.717, 1.165) is 39.1 Å². The minimum atomic E-state index is -0.568. The van der Waals surface area contributed by atoms with Crippen LogP contribution >= 0.6 is 24.8 Å². The van der Waals surface area contributed by atoms with Gasteiger partial charge >= 0.3 is 0 Å². The van der Waals surface area contributed by atoms with Crippen molar-refractivity contribution in [3.63, 3.8) is 0 Å². The van der Waals surface area contributed by atoms with Gasteiger partial charge < -0.3 is 15.8 Å². The third kappa shape index (κ3) is 4.76. The van der Waals surface area contributed by atoms with Crippen molar-refractivity contribution in [1.82, 2.24) is 10.2 Å². The summed E-state index contributed by atoms with van der Waals surface area (Å²) in [6.45, 7) is 8.35. The van der Waals surface area contributed by atoms with E-state index >= 15 is 0 Å². The number of hydrogen-bond acceptors (Lipinski definition) is 4. The van der Waals surface area contributed by atoms with Gasteiger partial charge in [0.2, 0.25) is 5.91 Å². The van der Waals surface area contributed by atoms with Crippen LogP contribution in [0.2, 0.25) is 0 Å². The first-order valence-electron chi connectivity index (χ1n) is 6.34. The van der Waals surface area contributed by atoms with Crippen LogP contribution in [0.3, 0.4) is 0 Å². The van der Waals surface area contributed by atoms with Crippen LogP contribution in [0.4, 0.5) is 0 Å². The highest BCUT2D eigenvalue weighted by Gasteiger charge is 2.46. The molecule has 5 nitrogen and oxygen atoms in total. The number of rotatable bonds is 4. The van der Waals surface area contributed by atoms with Gasteiger partial charge in [-0.05, 0) is 26.7 Å². The molecule has 1 heterocycles. The highest BCUT2D eigenvalue weighted by Crippen LogP contribution is 2.32. The maximum atomic E-state index is 11.8. The number of morpholine rings is 1. The number of ether oxygens (including phenoxy) is 1. The molecule has 1 saturated carbocycles. The van der Waals surface area contributed by atoms with Gasteiger partial charge in [0.1, 0.15) is 0 Å². The van der Waals surface area contributed by atoms with Gasteiger partial charge in [-0.25, -0.2) is 0 Å². The molecule has 0 unspecified atom stereocenters. The summed E-state index contributed by atoms with van der Waals surface area (Å²) >= 11 is 0. The van der Waals surface area contributed by atoms with Crippen molar-refractivity contribution < 1.29 is 9.53 Å². The Balaban J connectivity index is 0.00000162. The second-order valence-electron chi connectivity index (χ2n) is 5.75. The maximum absolute atomic E-state index is 11.8. The molecule has 1 aliphatic heterocycles. The third-order valence-corrected chi connectivity index (χ3v) is 3.79. The number of nitrogens with one attached hydrogen (secondary N) is 1. The van der Waals surface area contributed by atoms with E-state index in [9.17, 15) is 4.79 Å². The highest BCUT2D eigenvalue weighted by atomic mass is 35.5. The van der Waals surface area contributed by atoms with Crippen molar-refractivity contribution >= 4 is 30.7 Å². The molecule has 2 rings (SSSR count). The number of nitrogens with two attached hydrogens (primary N) is 1. The van der Waals surface area contributed by atoms with Crippen LogP contribution < -0.4 is 11.1 Å². The van der Waals surface area contributed by atoms with Crippen LogP contribution in [0.5, 0.6) is 0 Å². The van der Waals surface area contributed by atoms with E-state index in [0.29, 0.717) is 6.54 Å². The fourth-order valence-corrected chi connectivity index (χ4v) is 2.11. The molecule has 3 N–H and O–H groups in total. The van der Waals surface area contributed by atoms with Gasteiger partial charge in [0, 0.05) is 25.2 Å². The van der Waals surface area contributed by atoms with E-state index in [2.05, 4.69) is 24.1 Å². The quantitative estimate of drug-likeness (QED) is 0.795. The molecule has 0 spiro atoms. The fraction of sp³-hybridized carbons (Fsp3) is 0.917. The van der Waals surface area contributed by atoms with Gasteiger partial charge in [-0.3, -0.25) is 9.69 Å². The molecule has 7 heteroatoms. The second-order valence-corrected chi connectivity index (χ2v) is 5.75. The van der Waals surface area contributed by atoms with Crippen LogP contribution in [0, 0.1) is 0 Å². The van der Waals surface area contributed by atoms with Crippen molar-refractivity contribution in [2.24, 2.45) is 5.73 Å². The Bertz CT molecular complexity index is 303. The summed E-state index contributed by atoms with van der Waals surface area (Å²) in [6, 6.07) is 0. The lowest BCUT2D eigenvalue weighted by molar-refractivity contribution is -0.124. The van der Waals surface area contributed by atoms with Gasteiger partial charge in [-0.1, -0.05) is 0 Å². The van der Waals surface area contributed by atoms with Crippen LogP contribution in [0.15, 0.2) is 0 Å². The molecule has 0 aromatic heterocycles. The zero-order valence-electron chi connectivity index (χ0n) is 11.6. The minimum absolute atomic E-state index is 0. The molecule has 2 fully saturated rings. The van der Waals surface area contributed by atoms with Crippen molar-refractivity contribution in [1.29, 1.82) is 0 Å². The summed E-state index contributed by atoms with van der Waals surface area (Å²) in [5, 5.41) is 2.98. The Labute approximate surface area is 127 Å². The molecular formula is C12H25Cl2N3O2. The third-order valence-electron chi connectivity index (χ3n) is 3.79. The summed E-state index contributed by atoms with van der Waals surface area (Å²) in [7, 11) is 0. The van der Waals surface area contributed by atoms with Gasteiger partial charge in [-0.15, -0.1) is 24.8 Å². The normalized spacial score (nSPS) is 21.8. The number of halogens is 2. The lowest BCUT2D eigenvalue weighted by atomic mass is 10.0. The Hall–Kier alpha value is -0.0700. The molecule has 0 radical (unpaired) electrons. The van der Waals surface area contributed by atoms with E-state index < -0.39 is 5.54 Å². The molecule has 2 aliphatic rings. The first-order valence-corrected chi connectivity index (χ1v) is 6.34. The van der Waals surface area contributed by atoms with E-state index in [1.54, 1.807) is 0 Å². The van der Waals surface area contributed by atoms with E-state index in [4.69, 9.17) is 10.5 Å². The van der Waals surface area contributed by atoms with Crippen LogP contribution in [-0.4, -0.2) is 54.7 Å². The maximum Gasteiger partial charge on any atom is 0.240 e. The molecule has 19 heavy (non-hydrogen) atoms. The van der Waals surface area contributed by atoms with E-state index in [1.165, 1.54) is 0 Å². The number of amides is 1. The first-order chi connectivity index (χ1) is 7.94. The molecule has 0 atom stereocenters. The van der Waals surface area contributed by atoms with E-state index in [-0.39, 0.29) is 36.3 Å². The van der Waals surface area contributed by atoms with Crippen LogP contribution in [0.25, 0.3) is 0 Å². The van der Waals surface area contributed by atoms with Gasteiger partial charge in [0.05, 0.1) is 18.8 Å². The monoisotopic (exact) mass is 313 g/mol. The molecule has 0 bridgehead atoms. The molecular weight excluding hydrogens is 289 g/mol. The summed E-state index contributed by atoms with van der Waals surface area (Å²) in [4.78, 5) is 14.1. The summed E-state index contributed by atoms with van der Waals surface area (Å²) in [6.07, 6.45) is 1.63. The zero-order valence-corrected chi connectivity index (χ0v) is 13.2. The SMILES string of the molecule is CC(C)(CNC(=O)C1(N)CC1)N1CCOCC1.Cl.Cl. The van der Waals surface area contributed by atoms with E-state index in [1.807, 2.05) is 0 Å². The van der Waals surface area contributed by atoms with Crippen LogP contribution in [-0.2, 0) is 9.53 Å². The Morgan fingerprint density at radius 2 is 1.84 bits per heavy atom. The first kappa shape index (κ1) is 18.9. The number of carbonyl (C=O) groups is 1. The number of carbonyl (C=O) groups excluding carboxylic acids is 1. The topological polar surface area (TPSA) is 67.6 Å². The largest absolute Gasteiger partial charge is 0.379 e. The standard InChI is InChI=1S/C12H23N3O2.2ClH/c1-11(2,15-5-7-17-8-6-15)9-14-10(16)12(13)3-4-12;;/h3-9,13H2,1-2H3,(H,14,16);2*1H. The lowest BCUT2D eigenvalue weighted by Gasteiger charge is -2.41. The van der Waals surface area contributed by atoms with Crippen molar-refractivity contribution in [2.75, 3.05) is 32.8 Å². The van der Waals surface area contributed by atoms with Crippen molar-refractivity contribution in [3.05, 3.63) is 0 Å². The van der Waals surface area contributed by atoms with Gasteiger partial charge in [0.25, 0.3) is 0 Å². The zero-order chi connectivity index (χ0) is 12.5. The predicted molar refractivity (Wildman–Crippen MR) is 80.1 cm³/mol. The fourth-order valence-electron chi connectivity index (χ4n) is 2.11. The highest BCUT2D eigenvalue weighted by molar-refractivity contribution is 5.89. The average Bonchev–Trinajstić information content (AvgIpc) is 3.07. The van der Waals surface area contributed by atoms with Crippen molar-refractivity contribution in [3.8, 4) is 0 Å². The predicted octanol–water partition coefficient (Wildman–Crippen LogP) is 0.548. The summed E-state index contributed by atoms with van der Waals surface area (Å²) in [5.41, 5.74) is 5.25.